The first-order valence-corrected chi connectivity index (χ1v) is 7.45. The lowest BCUT2D eigenvalue weighted by Gasteiger charge is -2.52. The van der Waals surface area contributed by atoms with E-state index in [1.54, 1.807) is 0 Å². The van der Waals surface area contributed by atoms with E-state index in [4.69, 9.17) is 4.74 Å². The van der Waals surface area contributed by atoms with Crippen LogP contribution in [0.4, 0.5) is 0 Å². The molecule has 3 heteroatoms. The molecule has 18 heavy (non-hydrogen) atoms. The summed E-state index contributed by atoms with van der Waals surface area (Å²) in [5.41, 5.74) is 1.15. The number of aliphatic hydroxyl groups excluding tert-OH is 1. The molecule has 0 heterocycles. The van der Waals surface area contributed by atoms with Crippen LogP contribution in [-0.4, -0.2) is 17.3 Å². The van der Waals surface area contributed by atoms with E-state index >= 15 is 0 Å². The van der Waals surface area contributed by atoms with E-state index in [0.29, 0.717) is 6.61 Å². The van der Waals surface area contributed by atoms with Crippen molar-refractivity contribution in [2.75, 3.05) is 0 Å². The van der Waals surface area contributed by atoms with Gasteiger partial charge in [-0.15, -0.1) is 0 Å². The standard InChI is InChI=1S/C15H21BrO2/c1-3-15(4-2)13(17)9-14(15)18-10-11-6-5-7-12(16)8-11/h5-8,13-14,17H,3-4,9-10H2,1-2H3. The molecule has 1 aliphatic carbocycles. The molecule has 0 amide bonds. The number of halogens is 1. The molecular weight excluding hydrogens is 292 g/mol. The second kappa shape index (κ2) is 5.72. The lowest BCUT2D eigenvalue weighted by atomic mass is 9.60. The zero-order chi connectivity index (χ0) is 13.2. The molecule has 0 radical (unpaired) electrons. The Balaban J connectivity index is 1.95. The molecule has 2 unspecified atom stereocenters. The number of hydrogen-bond acceptors (Lipinski definition) is 2. The zero-order valence-electron chi connectivity index (χ0n) is 11.0. The normalized spacial score (nSPS) is 25.8. The third-order valence-corrected chi connectivity index (χ3v) is 4.89. The second-order valence-electron chi connectivity index (χ2n) is 5.12. The highest BCUT2D eigenvalue weighted by molar-refractivity contribution is 9.10. The number of rotatable bonds is 5. The van der Waals surface area contributed by atoms with Gasteiger partial charge in [-0.1, -0.05) is 41.9 Å². The summed E-state index contributed by atoms with van der Waals surface area (Å²) < 4.78 is 7.08. The number of ether oxygens (including phenoxy) is 1. The quantitative estimate of drug-likeness (QED) is 0.893. The van der Waals surface area contributed by atoms with Gasteiger partial charge in [0.2, 0.25) is 0 Å². The first-order valence-electron chi connectivity index (χ1n) is 6.66. The molecule has 1 aromatic carbocycles. The van der Waals surface area contributed by atoms with Gasteiger partial charge in [-0.25, -0.2) is 0 Å². The van der Waals surface area contributed by atoms with E-state index < -0.39 is 0 Å². The van der Waals surface area contributed by atoms with Gasteiger partial charge in [0.05, 0.1) is 18.8 Å². The fourth-order valence-electron chi connectivity index (χ4n) is 2.96. The van der Waals surface area contributed by atoms with Crippen LogP contribution < -0.4 is 0 Å². The first-order chi connectivity index (χ1) is 8.62. The maximum atomic E-state index is 9.98. The van der Waals surface area contributed by atoms with E-state index in [-0.39, 0.29) is 17.6 Å². The highest BCUT2D eigenvalue weighted by Gasteiger charge is 2.52. The minimum absolute atomic E-state index is 0.0218. The average molecular weight is 313 g/mol. The number of hydrogen-bond donors (Lipinski definition) is 1. The predicted molar refractivity (Wildman–Crippen MR) is 76.4 cm³/mol. The monoisotopic (exact) mass is 312 g/mol. The van der Waals surface area contributed by atoms with Gasteiger partial charge in [0, 0.05) is 16.3 Å². The molecule has 1 aromatic rings. The fraction of sp³-hybridized carbons (Fsp3) is 0.600. The van der Waals surface area contributed by atoms with Crippen molar-refractivity contribution in [3.05, 3.63) is 34.3 Å². The Hall–Kier alpha value is -0.380. The zero-order valence-corrected chi connectivity index (χ0v) is 12.6. The third-order valence-electron chi connectivity index (χ3n) is 4.40. The SMILES string of the molecule is CCC1(CC)C(O)CC1OCc1cccc(Br)c1. The molecule has 1 aliphatic rings. The van der Waals surface area contributed by atoms with Gasteiger partial charge in [0.1, 0.15) is 0 Å². The second-order valence-corrected chi connectivity index (χ2v) is 6.04. The van der Waals surface area contributed by atoms with Gasteiger partial charge < -0.3 is 9.84 Å². The van der Waals surface area contributed by atoms with Crippen molar-refractivity contribution in [2.45, 2.75) is 51.9 Å². The summed E-state index contributed by atoms with van der Waals surface area (Å²) in [6.07, 6.45) is 2.73. The van der Waals surface area contributed by atoms with Crippen molar-refractivity contribution in [2.24, 2.45) is 5.41 Å². The highest BCUT2D eigenvalue weighted by atomic mass is 79.9. The fourth-order valence-corrected chi connectivity index (χ4v) is 3.41. The minimum atomic E-state index is -0.194. The lowest BCUT2D eigenvalue weighted by molar-refractivity contribution is -0.200. The van der Waals surface area contributed by atoms with Crippen molar-refractivity contribution in [1.29, 1.82) is 0 Å². The molecule has 2 atom stereocenters. The Kier molecular flexibility index (Phi) is 4.46. The summed E-state index contributed by atoms with van der Waals surface area (Å²) in [7, 11) is 0. The molecule has 0 spiro atoms. The molecule has 100 valence electrons. The summed E-state index contributed by atoms with van der Waals surface area (Å²) in [5, 5.41) is 9.98. The summed E-state index contributed by atoms with van der Waals surface area (Å²) in [6.45, 7) is 4.90. The van der Waals surface area contributed by atoms with Crippen molar-refractivity contribution in [3.63, 3.8) is 0 Å². The van der Waals surface area contributed by atoms with E-state index in [1.165, 1.54) is 5.56 Å². The van der Waals surface area contributed by atoms with Crippen molar-refractivity contribution in [1.82, 2.24) is 0 Å². The Morgan fingerprint density at radius 2 is 2.11 bits per heavy atom. The van der Waals surface area contributed by atoms with Gasteiger partial charge in [-0.2, -0.15) is 0 Å². The summed E-state index contributed by atoms with van der Waals surface area (Å²) in [4.78, 5) is 0. The molecule has 1 fully saturated rings. The number of benzene rings is 1. The maximum absolute atomic E-state index is 9.98. The van der Waals surface area contributed by atoms with Gasteiger partial charge in [-0.05, 0) is 30.5 Å². The van der Waals surface area contributed by atoms with Crippen molar-refractivity contribution in [3.8, 4) is 0 Å². The molecule has 0 aromatic heterocycles. The van der Waals surface area contributed by atoms with Crippen LogP contribution in [0.2, 0.25) is 0 Å². The van der Waals surface area contributed by atoms with Crippen molar-refractivity contribution < 1.29 is 9.84 Å². The van der Waals surface area contributed by atoms with Crippen LogP contribution in [0.3, 0.4) is 0 Å². The van der Waals surface area contributed by atoms with Crippen LogP contribution in [0, 0.1) is 5.41 Å². The Morgan fingerprint density at radius 1 is 1.39 bits per heavy atom. The average Bonchev–Trinajstić information content (AvgIpc) is 2.36. The van der Waals surface area contributed by atoms with E-state index in [9.17, 15) is 5.11 Å². The van der Waals surface area contributed by atoms with E-state index in [2.05, 4.69) is 41.9 Å². The number of aliphatic hydroxyl groups is 1. The predicted octanol–water partition coefficient (Wildman–Crippen LogP) is 3.91. The van der Waals surface area contributed by atoms with Crippen LogP contribution in [0.25, 0.3) is 0 Å². The molecule has 1 saturated carbocycles. The summed E-state index contributed by atoms with van der Waals surface area (Å²) >= 11 is 3.46. The molecule has 2 nitrogen and oxygen atoms in total. The first kappa shape index (κ1) is 14.0. The molecule has 0 saturated heterocycles. The molecule has 0 aliphatic heterocycles. The van der Waals surface area contributed by atoms with Crippen LogP contribution >= 0.6 is 15.9 Å². The van der Waals surface area contributed by atoms with Crippen LogP contribution in [0.5, 0.6) is 0 Å². The minimum Gasteiger partial charge on any atom is -0.392 e. The Bertz CT molecular complexity index is 401. The lowest BCUT2D eigenvalue weighted by Crippen LogP contribution is -2.57. The van der Waals surface area contributed by atoms with Crippen molar-refractivity contribution >= 4 is 15.9 Å². The Morgan fingerprint density at radius 3 is 2.67 bits per heavy atom. The van der Waals surface area contributed by atoms with E-state index in [1.807, 2.05) is 12.1 Å². The highest BCUT2D eigenvalue weighted by Crippen LogP contribution is 2.49. The van der Waals surface area contributed by atoms with Crippen LogP contribution in [-0.2, 0) is 11.3 Å². The van der Waals surface area contributed by atoms with Gasteiger partial charge >= 0.3 is 0 Å². The summed E-state index contributed by atoms with van der Waals surface area (Å²) in [5.74, 6) is 0. The van der Waals surface area contributed by atoms with Gasteiger partial charge in [0.25, 0.3) is 0 Å². The Labute approximate surface area is 117 Å². The smallest absolute Gasteiger partial charge is 0.0721 e. The van der Waals surface area contributed by atoms with Gasteiger partial charge in [0.15, 0.2) is 0 Å². The topological polar surface area (TPSA) is 29.5 Å². The third kappa shape index (κ3) is 2.49. The van der Waals surface area contributed by atoms with E-state index in [0.717, 1.165) is 23.7 Å². The largest absolute Gasteiger partial charge is 0.392 e. The molecule has 0 bridgehead atoms. The molecule has 1 N–H and O–H groups in total. The molecular formula is C15H21BrO2. The molecule has 2 rings (SSSR count). The van der Waals surface area contributed by atoms with Crippen LogP contribution in [0.1, 0.15) is 38.7 Å². The van der Waals surface area contributed by atoms with Crippen LogP contribution in [0.15, 0.2) is 28.7 Å². The van der Waals surface area contributed by atoms with Gasteiger partial charge in [-0.3, -0.25) is 0 Å². The summed E-state index contributed by atoms with van der Waals surface area (Å²) in [6, 6.07) is 8.18. The maximum Gasteiger partial charge on any atom is 0.0721 e.